The molecule has 0 aromatic heterocycles. The highest BCUT2D eigenvalue weighted by atomic mass is 16.2. The van der Waals surface area contributed by atoms with Crippen LogP contribution in [0.4, 0.5) is 0 Å². The van der Waals surface area contributed by atoms with Gasteiger partial charge in [-0.15, -0.1) is 0 Å². The summed E-state index contributed by atoms with van der Waals surface area (Å²) >= 11 is 0. The SMILES string of the molecule is C=C1C=CC(=O)C(NC(C)=O)=C1.CC. The first-order valence-electron chi connectivity index (χ1n) is 4.50. The van der Waals surface area contributed by atoms with Crippen molar-refractivity contribution in [3.8, 4) is 0 Å². The third kappa shape index (κ3) is 3.85. The average molecular weight is 193 g/mol. The normalized spacial score (nSPS) is 14.1. The van der Waals surface area contributed by atoms with Crippen molar-refractivity contribution < 1.29 is 9.59 Å². The molecule has 0 saturated heterocycles. The van der Waals surface area contributed by atoms with Crippen LogP contribution >= 0.6 is 0 Å². The first-order chi connectivity index (χ1) is 6.59. The van der Waals surface area contributed by atoms with Gasteiger partial charge in [-0.1, -0.05) is 26.5 Å². The second kappa shape index (κ2) is 5.91. The highest BCUT2D eigenvalue weighted by Gasteiger charge is 2.10. The number of allylic oxidation sites excluding steroid dienone is 4. The van der Waals surface area contributed by atoms with E-state index in [4.69, 9.17) is 0 Å². The van der Waals surface area contributed by atoms with Crippen molar-refractivity contribution in [2.75, 3.05) is 0 Å². The van der Waals surface area contributed by atoms with Crippen LogP contribution in [0.2, 0.25) is 0 Å². The monoisotopic (exact) mass is 193 g/mol. The second-order valence-electron chi connectivity index (χ2n) is 2.51. The van der Waals surface area contributed by atoms with Crippen LogP contribution in [0.3, 0.4) is 0 Å². The summed E-state index contributed by atoms with van der Waals surface area (Å²) in [6, 6.07) is 0. The molecule has 1 N–H and O–H groups in total. The average Bonchev–Trinajstić information content (AvgIpc) is 2.14. The van der Waals surface area contributed by atoms with Crippen molar-refractivity contribution in [1.82, 2.24) is 5.32 Å². The van der Waals surface area contributed by atoms with Crippen LogP contribution in [-0.2, 0) is 9.59 Å². The maximum Gasteiger partial charge on any atom is 0.221 e. The number of rotatable bonds is 1. The molecule has 0 saturated carbocycles. The largest absolute Gasteiger partial charge is 0.323 e. The number of hydrogen-bond donors (Lipinski definition) is 1. The number of nitrogens with one attached hydrogen (secondary N) is 1. The van der Waals surface area contributed by atoms with Gasteiger partial charge in [0.25, 0.3) is 0 Å². The fourth-order valence-corrected chi connectivity index (χ4v) is 0.864. The molecule has 0 heterocycles. The predicted molar refractivity (Wildman–Crippen MR) is 56.5 cm³/mol. The highest BCUT2D eigenvalue weighted by Crippen LogP contribution is 2.08. The van der Waals surface area contributed by atoms with Crippen LogP contribution in [0.15, 0.2) is 36.1 Å². The second-order valence-corrected chi connectivity index (χ2v) is 2.51. The van der Waals surface area contributed by atoms with E-state index in [1.807, 2.05) is 13.8 Å². The topological polar surface area (TPSA) is 46.2 Å². The smallest absolute Gasteiger partial charge is 0.221 e. The summed E-state index contributed by atoms with van der Waals surface area (Å²) in [4.78, 5) is 21.7. The molecular formula is C11H15NO2. The Morgan fingerprint density at radius 2 is 1.93 bits per heavy atom. The highest BCUT2D eigenvalue weighted by molar-refractivity contribution is 6.07. The summed E-state index contributed by atoms with van der Waals surface area (Å²) < 4.78 is 0. The Morgan fingerprint density at radius 1 is 1.36 bits per heavy atom. The lowest BCUT2D eigenvalue weighted by molar-refractivity contribution is -0.120. The van der Waals surface area contributed by atoms with Crippen molar-refractivity contribution in [2.24, 2.45) is 0 Å². The Labute approximate surface area is 84.2 Å². The van der Waals surface area contributed by atoms with Crippen LogP contribution in [-0.4, -0.2) is 11.7 Å². The van der Waals surface area contributed by atoms with Crippen molar-refractivity contribution in [1.29, 1.82) is 0 Å². The van der Waals surface area contributed by atoms with E-state index < -0.39 is 0 Å². The van der Waals surface area contributed by atoms with Gasteiger partial charge in [0.15, 0.2) is 0 Å². The maximum atomic E-state index is 11.1. The van der Waals surface area contributed by atoms with E-state index >= 15 is 0 Å². The molecule has 1 amide bonds. The lowest BCUT2D eigenvalue weighted by Crippen LogP contribution is -2.25. The third-order valence-corrected chi connectivity index (χ3v) is 1.35. The number of amides is 1. The Balaban J connectivity index is 0.000000791. The number of carbonyl (C=O) groups is 2. The number of ketones is 1. The van der Waals surface area contributed by atoms with Crippen LogP contribution in [0.5, 0.6) is 0 Å². The first-order valence-corrected chi connectivity index (χ1v) is 4.50. The van der Waals surface area contributed by atoms with E-state index in [9.17, 15) is 9.59 Å². The minimum atomic E-state index is -0.252. The Kier molecular flexibility index (Phi) is 5.22. The van der Waals surface area contributed by atoms with E-state index in [0.29, 0.717) is 5.57 Å². The van der Waals surface area contributed by atoms with Gasteiger partial charge in [-0.3, -0.25) is 9.59 Å². The van der Waals surface area contributed by atoms with Crippen LogP contribution in [0.1, 0.15) is 20.8 Å². The molecule has 0 bridgehead atoms. The summed E-state index contributed by atoms with van der Waals surface area (Å²) in [5, 5.41) is 2.42. The van der Waals surface area contributed by atoms with Gasteiger partial charge < -0.3 is 5.32 Å². The van der Waals surface area contributed by atoms with Gasteiger partial charge in [0.2, 0.25) is 11.7 Å². The molecule has 3 nitrogen and oxygen atoms in total. The zero-order chi connectivity index (χ0) is 11.1. The van der Waals surface area contributed by atoms with Crippen molar-refractivity contribution in [3.05, 3.63) is 36.1 Å². The molecule has 0 unspecified atom stereocenters. The molecule has 0 fully saturated rings. The predicted octanol–water partition coefficient (Wildman–Crippen LogP) is 1.73. The molecule has 0 atom stereocenters. The third-order valence-electron chi connectivity index (χ3n) is 1.35. The summed E-state index contributed by atoms with van der Waals surface area (Å²) in [5.74, 6) is -0.449. The fourth-order valence-electron chi connectivity index (χ4n) is 0.864. The fraction of sp³-hybridized carbons (Fsp3) is 0.273. The van der Waals surface area contributed by atoms with Crippen LogP contribution in [0.25, 0.3) is 0 Å². The minimum absolute atomic E-state index is 0.197. The van der Waals surface area contributed by atoms with Crippen LogP contribution < -0.4 is 5.32 Å². The molecule has 0 aliphatic heterocycles. The molecule has 0 radical (unpaired) electrons. The van der Waals surface area contributed by atoms with Crippen molar-refractivity contribution in [3.63, 3.8) is 0 Å². The van der Waals surface area contributed by atoms with Gasteiger partial charge in [-0.05, 0) is 17.7 Å². The van der Waals surface area contributed by atoms with Crippen LogP contribution in [0, 0.1) is 0 Å². The van der Waals surface area contributed by atoms with Gasteiger partial charge in [0, 0.05) is 6.92 Å². The number of carbonyl (C=O) groups excluding carboxylic acids is 2. The van der Waals surface area contributed by atoms with E-state index in [2.05, 4.69) is 11.9 Å². The van der Waals surface area contributed by atoms with E-state index in [1.54, 1.807) is 12.2 Å². The first kappa shape index (κ1) is 12.4. The van der Waals surface area contributed by atoms with Gasteiger partial charge >= 0.3 is 0 Å². The summed E-state index contributed by atoms with van der Waals surface area (Å²) in [6.07, 6.45) is 4.53. The lowest BCUT2D eigenvalue weighted by Gasteiger charge is -2.07. The standard InChI is InChI=1S/C9H9NO2.C2H6/c1-6-3-4-9(12)8(5-6)10-7(2)11;1-2/h3-5H,1H2,2H3,(H,10,11);1-2H3. The molecule has 14 heavy (non-hydrogen) atoms. The van der Waals surface area contributed by atoms with E-state index in [0.717, 1.165) is 0 Å². The summed E-state index contributed by atoms with van der Waals surface area (Å²) in [5.41, 5.74) is 0.994. The van der Waals surface area contributed by atoms with Gasteiger partial charge in [0.1, 0.15) is 0 Å². The van der Waals surface area contributed by atoms with E-state index in [-0.39, 0.29) is 17.4 Å². The molecule has 1 rings (SSSR count). The zero-order valence-corrected chi connectivity index (χ0v) is 8.76. The van der Waals surface area contributed by atoms with Gasteiger partial charge in [-0.2, -0.15) is 0 Å². The molecule has 1 aliphatic carbocycles. The molecule has 1 aliphatic rings. The molecule has 0 aromatic carbocycles. The Morgan fingerprint density at radius 3 is 2.43 bits per heavy atom. The molecule has 0 spiro atoms. The molecule has 76 valence electrons. The summed E-state index contributed by atoms with van der Waals surface area (Å²) in [7, 11) is 0. The molecule has 3 heteroatoms. The number of hydrogen-bond acceptors (Lipinski definition) is 2. The van der Waals surface area contributed by atoms with Gasteiger partial charge in [0.05, 0.1) is 5.70 Å². The van der Waals surface area contributed by atoms with Crippen molar-refractivity contribution in [2.45, 2.75) is 20.8 Å². The zero-order valence-electron chi connectivity index (χ0n) is 8.76. The molecule has 0 aromatic rings. The molecular weight excluding hydrogens is 178 g/mol. The quantitative estimate of drug-likeness (QED) is 0.689. The lowest BCUT2D eigenvalue weighted by atomic mass is 10.1. The van der Waals surface area contributed by atoms with E-state index in [1.165, 1.54) is 13.0 Å². The minimum Gasteiger partial charge on any atom is -0.323 e. The van der Waals surface area contributed by atoms with Crippen molar-refractivity contribution >= 4 is 11.7 Å². The summed E-state index contributed by atoms with van der Waals surface area (Å²) in [6.45, 7) is 9.00. The Hall–Kier alpha value is -1.64. The Bertz CT molecular complexity index is 311. The van der Waals surface area contributed by atoms with Gasteiger partial charge in [-0.25, -0.2) is 0 Å². The maximum absolute atomic E-state index is 11.1.